The van der Waals surface area contributed by atoms with Crippen LogP contribution in [0.1, 0.15) is 13.8 Å². The quantitative estimate of drug-likeness (QED) is 0.814. The SMILES string of the molecule is CC(C)C(CBr)Cn1ncc2ccccc2c1=O. The van der Waals surface area contributed by atoms with Crippen LogP contribution in [-0.2, 0) is 6.54 Å². The summed E-state index contributed by atoms with van der Waals surface area (Å²) in [6.45, 7) is 4.99. The molecule has 1 aromatic carbocycles. The summed E-state index contributed by atoms with van der Waals surface area (Å²) in [4.78, 5) is 12.3. The molecule has 1 unspecified atom stereocenters. The first-order chi connectivity index (χ1) is 8.63. The third kappa shape index (κ3) is 2.64. The van der Waals surface area contributed by atoms with Crippen molar-refractivity contribution in [3.63, 3.8) is 0 Å². The second-order valence-electron chi connectivity index (χ2n) is 4.88. The van der Waals surface area contributed by atoms with Crippen molar-refractivity contribution < 1.29 is 0 Å². The molecular weight excluding hydrogens is 292 g/mol. The van der Waals surface area contributed by atoms with Gasteiger partial charge in [0.05, 0.1) is 11.6 Å². The van der Waals surface area contributed by atoms with Gasteiger partial charge >= 0.3 is 0 Å². The summed E-state index contributed by atoms with van der Waals surface area (Å²) < 4.78 is 1.58. The highest BCUT2D eigenvalue weighted by molar-refractivity contribution is 9.09. The van der Waals surface area contributed by atoms with E-state index < -0.39 is 0 Å². The van der Waals surface area contributed by atoms with Gasteiger partial charge in [-0.1, -0.05) is 48.0 Å². The number of rotatable bonds is 4. The standard InChI is InChI=1S/C14H17BrN2O/c1-10(2)12(7-15)9-17-14(18)13-6-4-3-5-11(13)8-16-17/h3-6,8,10,12H,7,9H2,1-2H3. The normalized spacial score (nSPS) is 13.1. The molecule has 0 amide bonds. The number of aromatic nitrogens is 2. The number of fused-ring (bicyclic) bond motifs is 1. The lowest BCUT2D eigenvalue weighted by Crippen LogP contribution is -2.29. The van der Waals surface area contributed by atoms with Crippen molar-refractivity contribution in [1.82, 2.24) is 9.78 Å². The average Bonchev–Trinajstić information content (AvgIpc) is 2.38. The molecule has 0 bridgehead atoms. The molecule has 0 fully saturated rings. The highest BCUT2D eigenvalue weighted by Crippen LogP contribution is 2.15. The number of hydrogen-bond acceptors (Lipinski definition) is 2. The van der Waals surface area contributed by atoms with Gasteiger partial charge in [0.2, 0.25) is 0 Å². The van der Waals surface area contributed by atoms with Crippen LogP contribution >= 0.6 is 15.9 Å². The van der Waals surface area contributed by atoms with E-state index in [1.54, 1.807) is 10.9 Å². The number of alkyl halides is 1. The molecule has 0 saturated carbocycles. The molecule has 18 heavy (non-hydrogen) atoms. The topological polar surface area (TPSA) is 34.9 Å². The minimum atomic E-state index is -0.000278. The van der Waals surface area contributed by atoms with Crippen molar-refractivity contribution >= 4 is 26.7 Å². The minimum absolute atomic E-state index is 0.000278. The minimum Gasteiger partial charge on any atom is -0.267 e. The van der Waals surface area contributed by atoms with Crippen LogP contribution in [0, 0.1) is 11.8 Å². The first-order valence-electron chi connectivity index (χ1n) is 6.14. The van der Waals surface area contributed by atoms with Crippen molar-refractivity contribution in [3.8, 4) is 0 Å². The lowest BCUT2D eigenvalue weighted by atomic mass is 9.98. The Labute approximate surface area is 115 Å². The number of nitrogens with zero attached hydrogens (tertiary/aromatic N) is 2. The predicted octanol–water partition coefficient (Wildman–Crippen LogP) is 3.06. The maximum absolute atomic E-state index is 12.3. The fourth-order valence-electron chi connectivity index (χ4n) is 1.92. The maximum atomic E-state index is 12.3. The smallest absolute Gasteiger partial charge is 0.267 e. The van der Waals surface area contributed by atoms with Gasteiger partial charge in [-0.05, 0) is 17.9 Å². The first kappa shape index (κ1) is 13.3. The van der Waals surface area contributed by atoms with Crippen LogP contribution in [0.4, 0.5) is 0 Å². The molecule has 2 aromatic rings. The zero-order valence-electron chi connectivity index (χ0n) is 10.6. The highest BCUT2D eigenvalue weighted by Gasteiger charge is 2.14. The lowest BCUT2D eigenvalue weighted by molar-refractivity contribution is 0.350. The Hall–Kier alpha value is -1.16. The van der Waals surface area contributed by atoms with Crippen LogP contribution in [0.5, 0.6) is 0 Å². The van der Waals surface area contributed by atoms with Gasteiger partial charge < -0.3 is 0 Å². The molecule has 0 aliphatic heterocycles. The van der Waals surface area contributed by atoms with Crippen molar-refractivity contribution in [1.29, 1.82) is 0 Å². The Morgan fingerprint density at radius 2 is 2.06 bits per heavy atom. The third-order valence-electron chi connectivity index (χ3n) is 3.31. The van der Waals surface area contributed by atoms with Crippen molar-refractivity contribution in [2.75, 3.05) is 5.33 Å². The molecule has 0 spiro atoms. The molecule has 1 aromatic heterocycles. The van der Waals surface area contributed by atoms with Crippen LogP contribution in [0.15, 0.2) is 35.3 Å². The molecular formula is C14H17BrN2O. The molecule has 3 nitrogen and oxygen atoms in total. The largest absolute Gasteiger partial charge is 0.274 e. The summed E-state index contributed by atoms with van der Waals surface area (Å²) in [6, 6.07) is 7.58. The third-order valence-corrected chi connectivity index (χ3v) is 4.14. The Balaban J connectivity index is 2.40. The van der Waals surface area contributed by atoms with E-state index in [-0.39, 0.29) is 5.56 Å². The van der Waals surface area contributed by atoms with E-state index in [9.17, 15) is 4.79 Å². The number of benzene rings is 1. The summed E-state index contributed by atoms with van der Waals surface area (Å²) in [7, 11) is 0. The van der Waals surface area contributed by atoms with Gasteiger partial charge in [-0.25, -0.2) is 4.68 Å². The predicted molar refractivity (Wildman–Crippen MR) is 78.1 cm³/mol. The van der Waals surface area contributed by atoms with Crippen LogP contribution in [0.3, 0.4) is 0 Å². The fraction of sp³-hybridized carbons (Fsp3) is 0.429. The van der Waals surface area contributed by atoms with Gasteiger partial charge in [-0.2, -0.15) is 5.10 Å². The van der Waals surface area contributed by atoms with Crippen LogP contribution in [0.25, 0.3) is 10.8 Å². The van der Waals surface area contributed by atoms with Crippen LogP contribution in [0.2, 0.25) is 0 Å². The highest BCUT2D eigenvalue weighted by atomic mass is 79.9. The van der Waals surface area contributed by atoms with E-state index >= 15 is 0 Å². The van der Waals surface area contributed by atoms with Gasteiger partial charge in [0.15, 0.2) is 0 Å². The number of hydrogen-bond donors (Lipinski definition) is 0. The van der Waals surface area contributed by atoms with Gasteiger partial charge in [0, 0.05) is 17.3 Å². The molecule has 0 saturated heterocycles. The fourth-order valence-corrected chi connectivity index (χ4v) is 2.87. The summed E-state index contributed by atoms with van der Waals surface area (Å²) in [5.74, 6) is 0.931. The molecule has 4 heteroatoms. The van der Waals surface area contributed by atoms with Gasteiger partial charge in [-0.15, -0.1) is 0 Å². The van der Waals surface area contributed by atoms with E-state index in [1.165, 1.54) is 0 Å². The van der Waals surface area contributed by atoms with Gasteiger partial charge in [0.1, 0.15) is 0 Å². The zero-order chi connectivity index (χ0) is 13.1. The van der Waals surface area contributed by atoms with E-state index in [0.717, 1.165) is 16.1 Å². The van der Waals surface area contributed by atoms with Crippen molar-refractivity contribution in [3.05, 3.63) is 40.8 Å². The molecule has 2 rings (SSSR count). The zero-order valence-corrected chi connectivity index (χ0v) is 12.2. The van der Waals surface area contributed by atoms with Gasteiger partial charge in [-0.3, -0.25) is 4.79 Å². The molecule has 0 aliphatic rings. The molecule has 0 N–H and O–H groups in total. The summed E-state index contributed by atoms with van der Waals surface area (Å²) >= 11 is 3.51. The molecule has 0 aliphatic carbocycles. The molecule has 1 atom stereocenters. The summed E-state index contributed by atoms with van der Waals surface area (Å²) in [6.07, 6.45) is 1.77. The second-order valence-corrected chi connectivity index (χ2v) is 5.52. The monoisotopic (exact) mass is 308 g/mol. The molecule has 1 heterocycles. The Bertz CT molecular complexity index is 592. The van der Waals surface area contributed by atoms with E-state index in [0.29, 0.717) is 18.4 Å². The first-order valence-corrected chi connectivity index (χ1v) is 7.26. The lowest BCUT2D eigenvalue weighted by Gasteiger charge is -2.18. The van der Waals surface area contributed by atoms with E-state index in [2.05, 4.69) is 34.9 Å². The summed E-state index contributed by atoms with van der Waals surface area (Å²) in [5, 5.41) is 6.78. The second kappa shape index (κ2) is 5.65. The summed E-state index contributed by atoms with van der Waals surface area (Å²) in [5.41, 5.74) is -0.000278. The van der Waals surface area contributed by atoms with E-state index in [4.69, 9.17) is 0 Å². The van der Waals surface area contributed by atoms with Gasteiger partial charge in [0.25, 0.3) is 5.56 Å². The Morgan fingerprint density at radius 1 is 1.33 bits per heavy atom. The van der Waals surface area contributed by atoms with Crippen molar-refractivity contribution in [2.24, 2.45) is 11.8 Å². The molecule has 0 radical (unpaired) electrons. The van der Waals surface area contributed by atoms with E-state index in [1.807, 2.05) is 24.3 Å². The van der Waals surface area contributed by atoms with Crippen molar-refractivity contribution in [2.45, 2.75) is 20.4 Å². The maximum Gasteiger partial charge on any atom is 0.274 e. The molecule has 96 valence electrons. The van der Waals surface area contributed by atoms with Crippen LogP contribution < -0.4 is 5.56 Å². The van der Waals surface area contributed by atoms with Crippen LogP contribution in [-0.4, -0.2) is 15.1 Å². The Morgan fingerprint density at radius 3 is 2.72 bits per heavy atom. The average molecular weight is 309 g/mol. The number of halogens is 1. The Kier molecular flexibility index (Phi) is 4.17.